The lowest BCUT2D eigenvalue weighted by Crippen LogP contribution is -2.16. The Morgan fingerprint density at radius 1 is 1.27 bits per heavy atom. The molecule has 0 saturated carbocycles. The summed E-state index contributed by atoms with van der Waals surface area (Å²) in [7, 11) is 0. The van der Waals surface area contributed by atoms with Crippen LogP contribution in [0.3, 0.4) is 0 Å². The molecule has 0 radical (unpaired) electrons. The zero-order chi connectivity index (χ0) is 15.5. The van der Waals surface area contributed by atoms with Crippen LogP contribution in [0.15, 0.2) is 47.2 Å². The first-order valence-electron chi connectivity index (χ1n) is 6.96. The van der Waals surface area contributed by atoms with Crippen molar-refractivity contribution in [3.63, 3.8) is 0 Å². The second kappa shape index (κ2) is 5.85. The van der Waals surface area contributed by atoms with E-state index < -0.39 is 0 Å². The van der Waals surface area contributed by atoms with Crippen LogP contribution in [0.4, 0.5) is 5.69 Å². The van der Waals surface area contributed by atoms with Gasteiger partial charge in [0.1, 0.15) is 5.76 Å². The van der Waals surface area contributed by atoms with Gasteiger partial charge in [0.25, 0.3) is 0 Å². The van der Waals surface area contributed by atoms with Crippen molar-refractivity contribution in [2.75, 3.05) is 5.32 Å². The first-order chi connectivity index (χ1) is 10.6. The van der Waals surface area contributed by atoms with Crippen molar-refractivity contribution in [3.8, 4) is 5.69 Å². The van der Waals surface area contributed by atoms with E-state index in [-0.39, 0.29) is 12.3 Å². The Labute approximate surface area is 127 Å². The number of nitrogens with zero attached hydrogens (tertiary/aromatic N) is 3. The Kier molecular flexibility index (Phi) is 3.74. The predicted octanol–water partition coefficient (Wildman–Crippen LogP) is 2.66. The monoisotopic (exact) mass is 296 g/mol. The molecule has 22 heavy (non-hydrogen) atoms. The quantitative estimate of drug-likeness (QED) is 0.803. The van der Waals surface area contributed by atoms with Gasteiger partial charge in [0.05, 0.1) is 23.5 Å². The number of aromatic nitrogens is 3. The highest BCUT2D eigenvalue weighted by Crippen LogP contribution is 2.20. The third kappa shape index (κ3) is 2.76. The molecule has 2 aromatic heterocycles. The normalized spacial score (nSPS) is 10.6. The summed E-state index contributed by atoms with van der Waals surface area (Å²) in [5.41, 5.74) is 3.10. The number of benzene rings is 1. The van der Waals surface area contributed by atoms with E-state index in [1.807, 2.05) is 43.5 Å². The molecule has 0 unspecified atom stereocenters. The molecular weight excluding hydrogens is 280 g/mol. The minimum Gasteiger partial charge on any atom is -0.361 e. The van der Waals surface area contributed by atoms with Crippen molar-refractivity contribution in [2.45, 2.75) is 20.3 Å². The standard InChI is InChI=1S/C16H16N4O2/c1-11-13(12(2)22-19-11)10-16(21)18-14-6-3-4-7-15(14)20-9-5-8-17-20/h3-9H,10H2,1-2H3,(H,18,21). The van der Waals surface area contributed by atoms with E-state index >= 15 is 0 Å². The maximum atomic E-state index is 12.3. The van der Waals surface area contributed by atoms with Crippen LogP contribution in [0, 0.1) is 13.8 Å². The smallest absolute Gasteiger partial charge is 0.229 e. The average molecular weight is 296 g/mol. The van der Waals surface area contributed by atoms with E-state index in [1.165, 1.54) is 0 Å². The van der Waals surface area contributed by atoms with Crippen molar-refractivity contribution < 1.29 is 9.32 Å². The summed E-state index contributed by atoms with van der Waals surface area (Å²) in [6.07, 6.45) is 3.76. The number of amides is 1. The number of hydrogen-bond acceptors (Lipinski definition) is 4. The summed E-state index contributed by atoms with van der Waals surface area (Å²) in [6, 6.07) is 9.36. The fourth-order valence-corrected chi connectivity index (χ4v) is 2.30. The molecule has 0 aliphatic carbocycles. The van der Waals surface area contributed by atoms with Gasteiger partial charge in [-0.2, -0.15) is 5.10 Å². The molecule has 0 aliphatic heterocycles. The van der Waals surface area contributed by atoms with Gasteiger partial charge in [-0.05, 0) is 32.0 Å². The van der Waals surface area contributed by atoms with Gasteiger partial charge < -0.3 is 9.84 Å². The number of aryl methyl sites for hydroxylation is 2. The number of carbonyl (C=O) groups is 1. The van der Waals surface area contributed by atoms with E-state index in [9.17, 15) is 4.79 Å². The molecule has 0 bridgehead atoms. The lowest BCUT2D eigenvalue weighted by Gasteiger charge is -2.11. The van der Waals surface area contributed by atoms with E-state index in [4.69, 9.17) is 4.52 Å². The number of nitrogens with one attached hydrogen (secondary N) is 1. The van der Waals surface area contributed by atoms with Gasteiger partial charge in [-0.1, -0.05) is 17.3 Å². The van der Waals surface area contributed by atoms with E-state index in [2.05, 4.69) is 15.6 Å². The highest BCUT2D eigenvalue weighted by atomic mass is 16.5. The molecule has 1 aromatic carbocycles. The maximum Gasteiger partial charge on any atom is 0.229 e. The SMILES string of the molecule is Cc1noc(C)c1CC(=O)Nc1ccccc1-n1cccn1. The largest absolute Gasteiger partial charge is 0.361 e. The topological polar surface area (TPSA) is 73.0 Å². The van der Waals surface area contributed by atoms with Crippen LogP contribution in [0.5, 0.6) is 0 Å². The van der Waals surface area contributed by atoms with Crippen molar-refractivity contribution in [3.05, 3.63) is 59.7 Å². The molecule has 3 aromatic rings. The molecule has 6 heteroatoms. The van der Waals surface area contributed by atoms with E-state index in [0.717, 1.165) is 16.9 Å². The van der Waals surface area contributed by atoms with Gasteiger partial charge in [-0.15, -0.1) is 0 Å². The lowest BCUT2D eigenvalue weighted by molar-refractivity contribution is -0.115. The fraction of sp³-hybridized carbons (Fsp3) is 0.188. The Bertz CT molecular complexity index is 771. The van der Waals surface area contributed by atoms with Gasteiger partial charge in [0.15, 0.2) is 0 Å². The summed E-state index contributed by atoms with van der Waals surface area (Å²) >= 11 is 0. The number of carbonyl (C=O) groups excluding carboxylic acids is 1. The van der Waals surface area contributed by atoms with Crippen LogP contribution in [-0.4, -0.2) is 20.8 Å². The lowest BCUT2D eigenvalue weighted by atomic mass is 10.1. The fourth-order valence-electron chi connectivity index (χ4n) is 2.30. The minimum absolute atomic E-state index is 0.117. The third-order valence-corrected chi connectivity index (χ3v) is 3.45. The third-order valence-electron chi connectivity index (χ3n) is 3.45. The van der Waals surface area contributed by atoms with E-state index in [0.29, 0.717) is 11.4 Å². The van der Waals surface area contributed by atoms with Crippen molar-refractivity contribution in [2.24, 2.45) is 0 Å². The Morgan fingerprint density at radius 2 is 2.09 bits per heavy atom. The van der Waals surface area contributed by atoms with Gasteiger partial charge in [0, 0.05) is 18.0 Å². The summed E-state index contributed by atoms with van der Waals surface area (Å²) in [5.74, 6) is 0.557. The molecule has 1 amide bonds. The summed E-state index contributed by atoms with van der Waals surface area (Å²) < 4.78 is 6.80. The predicted molar refractivity (Wildman–Crippen MR) is 81.9 cm³/mol. The Balaban J connectivity index is 1.81. The molecule has 3 rings (SSSR count). The first kappa shape index (κ1) is 14.1. The summed E-state index contributed by atoms with van der Waals surface area (Å²) in [4.78, 5) is 12.3. The van der Waals surface area contributed by atoms with Gasteiger partial charge in [0.2, 0.25) is 5.91 Å². The van der Waals surface area contributed by atoms with Crippen LogP contribution in [0.2, 0.25) is 0 Å². The minimum atomic E-state index is -0.117. The molecular formula is C16H16N4O2. The van der Waals surface area contributed by atoms with Crippen molar-refractivity contribution >= 4 is 11.6 Å². The average Bonchev–Trinajstić information content (AvgIpc) is 3.13. The zero-order valence-corrected chi connectivity index (χ0v) is 12.4. The van der Waals surface area contributed by atoms with Crippen molar-refractivity contribution in [1.82, 2.24) is 14.9 Å². The molecule has 0 fully saturated rings. The highest BCUT2D eigenvalue weighted by Gasteiger charge is 2.15. The van der Waals surface area contributed by atoms with Crippen LogP contribution in [0.25, 0.3) is 5.69 Å². The molecule has 1 N–H and O–H groups in total. The number of para-hydroxylation sites is 2. The molecule has 0 aliphatic rings. The van der Waals surface area contributed by atoms with Crippen molar-refractivity contribution in [1.29, 1.82) is 0 Å². The molecule has 0 saturated heterocycles. The first-order valence-corrected chi connectivity index (χ1v) is 6.96. The second-order valence-corrected chi connectivity index (χ2v) is 5.00. The van der Waals surface area contributed by atoms with Crippen LogP contribution < -0.4 is 5.32 Å². The molecule has 6 nitrogen and oxygen atoms in total. The number of rotatable bonds is 4. The molecule has 0 atom stereocenters. The number of hydrogen-bond donors (Lipinski definition) is 1. The molecule has 112 valence electrons. The van der Waals surface area contributed by atoms with Crippen LogP contribution in [-0.2, 0) is 11.2 Å². The van der Waals surface area contributed by atoms with Gasteiger partial charge >= 0.3 is 0 Å². The summed E-state index contributed by atoms with van der Waals surface area (Å²) in [6.45, 7) is 3.64. The van der Waals surface area contributed by atoms with Gasteiger partial charge in [-0.3, -0.25) is 4.79 Å². The zero-order valence-electron chi connectivity index (χ0n) is 12.4. The Hall–Kier alpha value is -2.89. The maximum absolute atomic E-state index is 12.3. The molecule has 2 heterocycles. The molecule has 0 spiro atoms. The highest BCUT2D eigenvalue weighted by molar-refractivity contribution is 5.94. The summed E-state index contributed by atoms with van der Waals surface area (Å²) in [5, 5.41) is 11.0. The Morgan fingerprint density at radius 3 is 2.77 bits per heavy atom. The second-order valence-electron chi connectivity index (χ2n) is 5.00. The van der Waals surface area contributed by atoms with Gasteiger partial charge in [-0.25, -0.2) is 4.68 Å². The van der Waals surface area contributed by atoms with Crippen LogP contribution >= 0.6 is 0 Å². The van der Waals surface area contributed by atoms with Crippen LogP contribution in [0.1, 0.15) is 17.0 Å². The number of anilines is 1. The van der Waals surface area contributed by atoms with E-state index in [1.54, 1.807) is 17.8 Å².